The molecule has 1 aliphatic carbocycles. The fraction of sp³-hybridized carbons (Fsp3) is 0.900. The smallest absolute Gasteiger partial charge is 0.239 e. The van der Waals surface area contributed by atoms with Crippen molar-refractivity contribution in [3.63, 3.8) is 0 Å². The first-order chi connectivity index (χ1) is 6.72. The van der Waals surface area contributed by atoms with E-state index in [1.54, 1.807) is 0 Å². The summed E-state index contributed by atoms with van der Waals surface area (Å²) in [5, 5.41) is 0. The van der Waals surface area contributed by atoms with Crippen LogP contribution in [0.1, 0.15) is 26.2 Å². The highest BCUT2D eigenvalue weighted by atomic mass is 16.5. The molecule has 4 nitrogen and oxygen atoms in total. The van der Waals surface area contributed by atoms with Gasteiger partial charge >= 0.3 is 0 Å². The Bertz CT molecular complexity index is 226. The van der Waals surface area contributed by atoms with Crippen LogP contribution in [-0.2, 0) is 9.53 Å². The lowest BCUT2D eigenvalue weighted by molar-refractivity contribution is -0.135. The summed E-state index contributed by atoms with van der Waals surface area (Å²) in [6.07, 6.45) is 3.17. The number of hydrogen-bond donors (Lipinski definition) is 1. The SMILES string of the molecule is CCOC1CC(N2CCC(N)C2=O)C1. The molecule has 1 atom stereocenters. The van der Waals surface area contributed by atoms with Gasteiger partial charge in [0.15, 0.2) is 0 Å². The van der Waals surface area contributed by atoms with E-state index in [9.17, 15) is 4.79 Å². The van der Waals surface area contributed by atoms with Gasteiger partial charge in [-0.1, -0.05) is 0 Å². The van der Waals surface area contributed by atoms with Crippen molar-refractivity contribution in [2.75, 3.05) is 13.2 Å². The van der Waals surface area contributed by atoms with Gasteiger partial charge in [0.25, 0.3) is 0 Å². The lowest BCUT2D eigenvalue weighted by Gasteiger charge is -2.40. The van der Waals surface area contributed by atoms with Crippen LogP contribution in [0, 0.1) is 0 Å². The number of nitrogens with two attached hydrogens (primary N) is 1. The third-order valence-corrected chi connectivity index (χ3v) is 3.19. The van der Waals surface area contributed by atoms with E-state index in [-0.39, 0.29) is 11.9 Å². The molecule has 1 saturated heterocycles. The van der Waals surface area contributed by atoms with E-state index in [1.807, 2.05) is 11.8 Å². The quantitative estimate of drug-likeness (QED) is 0.700. The Morgan fingerprint density at radius 1 is 1.57 bits per heavy atom. The molecule has 0 aromatic heterocycles. The van der Waals surface area contributed by atoms with E-state index in [2.05, 4.69) is 0 Å². The van der Waals surface area contributed by atoms with Crippen molar-refractivity contribution in [1.82, 2.24) is 4.90 Å². The second-order valence-corrected chi connectivity index (χ2v) is 4.13. The number of amides is 1. The van der Waals surface area contributed by atoms with Crippen LogP contribution in [0.25, 0.3) is 0 Å². The minimum absolute atomic E-state index is 0.130. The van der Waals surface area contributed by atoms with Crippen LogP contribution in [-0.4, -0.2) is 42.1 Å². The van der Waals surface area contributed by atoms with Gasteiger partial charge in [-0.2, -0.15) is 0 Å². The van der Waals surface area contributed by atoms with Crippen LogP contribution < -0.4 is 5.73 Å². The maximum atomic E-state index is 11.6. The molecule has 1 saturated carbocycles. The average molecular weight is 198 g/mol. The van der Waals surface area contributed by atoms with Crippen LogP contribution in [0.4, 0.5) is 0 Å². The van der Waals surface area contributed by atoms with Crippen LogP contribution in [0.5, 0.6) is 0 Å². The van der Waals surface area contributed by atoms with Gasteiger partial charge < -0.3 is 15.4 Å². The van der Waals surface area contributed by atoms with Gasteiger partial charge in [-0.05, 0) is 26.2 Å². The molecule has 2 fully saturated rings. The molecule has 0 spiro atoms. The molecule has 1 unspecified atom stereocenters. The first kappa shape index (κ1) is 9.93. The molecule has 2 N–H and O–H groups in total. The second-order valence-electron chi connectivity index (χ2n) is 4.13. The van der Waals surface area contributed by atoms with Crippen molar-refractivity contribution in [2.45, 2.75) is 44.4 Å². The molecule has 0 aromatic rings. The molecule has 80 valence electrons. The number of rotatable bonds is 3. The molecule has 14 heavy (non-hydrogen) atoms. The Labute approximate surface area is 84.4 Å². The third-order valence-electron chi connectivity index (χ3n) is 3.19. The van der Waals surface area contributed by atoms with E-state index < -0.39 is 0 Å². The van der Waals surface area contributed by atoms with Crippen molar-refractivity contribution in [2.24, 2.45) is 5.73 Å². The summed E-state index contributed by atoms with van der Waals surface area (Å²) in [6.45, 7) is 3.61. The van der Waals surface area contributed by atoms with E-state index >= 15 is 0 Å². The molecule has 1 amide bonds. The Balaban J connectivity index is 1.80. The van der Waals surface area contributed by atoms with Gasteiger partial charge in [-0.3, -0.25) is 4.79 Å². The number of carbonyl (C=O) groups excluding carboxylic acids is 1. The lowest BCUT2D eigenvalue weighted by Crippen LogP contribution is -2.50. The minimum Gasteiger partial charge on any atom is -0.378 e. The monoisotopic (exact) mass is 198 g/mol. The van der Waals surface area contributed by atoms with Crippen molar-refractivity contribution in [3.8, 4) is 0 Å². The first-order valence-electron chi connectivity index (χ1n) is 5.40. The number of ether oxygens (including phenoxy) is 1. The highest BCUT2D eigenvalue weighted by molar-refractivity contribution is 5.84. The number of hydrogen-bond acceptors (Lipinski definition) is 3. The molecule has 0 bridgehead atoms. The average Bonchev–Trinajstić information content (AvgIpc) is 2.41. The fourth-order valence-corrected chi connectivity index (χ4v) is 2.25. The summed E-state index contributed by atoms with van der Waals surface area (Å²) in [4.78, 5) is 13.5. The summed E-state index contributed by atoms with van der Waals surface area (Å²) in [5.41, 5.74) is 5.66. The van der Waals surface area contributed by atoms with Crippen molar-refractivity contribution in [3.05, 3.63) is 0 Å². The largest absolute Gasteiger partial charge is 0.378 e. The standard InChI is InChI=1S/C10H18N2O2/c1-2-14-8-5-7(6-8)12-4-3-9(11)10(12)13/h7-9H,2-6,11H2,1H3. The van der Waals surface area contributed by atoms with Gasteiger partial charge in [0.2, 0.25) is 5.91 Å². The van der Waals surface area contributed by atoms with Gasteiger partial charge in [-0.25, -0.2) is 0 Å². The van der Waals surface area contributed by atoms with Gasteiger partial charge in [-0.15, -0.1) is 0 Å². The van der Waals surface area contributed by atoms with E-state index in [4.69, 9.17) is 10.5 Å². The summed E-state index contributed by atoms with van der Waals surface area (Å²) >= 11 is 0. The van der Waals surface area contributed by atoms with Crippen LogP contribution >= 0.6 is 0 Å². The maximum absolute atomic E-state index is 11.6. The van der Waals surface area contributed by atoms with Crippen LogP contribution in [0.15, 0.2) is 0 Å². The fourth-order valence-electron chi connectivity index (χ4n) is 2.25. The zero-order chi connectivity index (χ0) is 10.1. The van der Waals surface area contributed by atoms with E-state index in [1.165, 1.54) is 0 Å². The molecule has 0 aromatic carbocycles. The highest BCUT2D eigenvalue weighted by Gasteiger charge is 2.40. The topological polar surface area (TPSA) is 55.6 Å². The van der Waals surface area contributed by atoms with Gasteiger partial charge in [0.05, 0.1) is 12.1 Å². The van der Waals surface area contributed by atoms with E-state index in [0.29, 0.717) is 12.1 Å². The first-order valence-corrected chi connectivity index (χ1v) is 5.40. The number of nitrogens with zero attached hydrogens (tertiary/aromatic N) is 1. The Morgan fingerprint density at radius 3 is 2.79 bits per heavy atom. The summed E-state index contributed by atoms with van der Waals surface area (Å²) in [6, 6.07) is 0.147. The Hall–Kier alpha value is -0.610. The summed E-state index contributed by atoms with van der Waals surface area (Å²) in [7, 11) is 0. The second kappa shape index (κ2) is 3.87. The summed E-state index contributed by atoms with van der Waals surface area (Å²) < 4.78 is 5.46. The molecular formula is C10H18N2O2. The molecular weight excluding hydrogens is 180 g/mol. The van der Waals surface area contributed by atoms with Crippen molar-refractivity contribution < 1.29 is 9.53 Å². The number of carbonyl (C=O) groups is 1. The lowest BCUT2D eigenvalue weighted by atomic mass is 9.88. The van der Waals surface area contributed by atoms with Crippen LogP contribution in [0.3, 0.4) is 0 Å². The number of likely N-dealkylation sites (tertiary alicyclic amines) is 1. The van der Waals surface area contributed by atoms with Crippen molar-refractivity contribution in [1.29, 1.82) is 0 Å². The Kier molecular flexibility index (Phi) is 2.74. The van der Waals surface area contributed by atoms with Crippen LogP contribution in [0.2, 0.25) is 0 Å². The Morgan fingerprint density at radius 2 is 2.29 bits per heavy atom. The van der Waals surface area contributed by atoms with Gasteiger partial charge in [0.1, 0.15) is 0 Å². The molecule has 2 aliphatic rings. The normalized spacial score (nSPS) is 37.4. The molecule has 4 heteroatoms. The zero-order valence-electron chi connectivity index (χ0n) is 8.61. The zero-order valence-corrected chi connectivity index (χ0v) is 8.61. The maximum Gasteiger partial charge on any atom is 0.239 e. The van der Waals surface area contributed by atoms with Gasteiger partial charge in [0, 0.05) is 19.2 Å². The minimum atomic E-state index is -0.249. The molecule has 0 radical (unpaired) electrons. The predicted molar refractivity (Wildman–Crippen MR) is 52.7 cm³/mol. The molecule has 1 aliphatic heterocycles. The highest BCUT2D eigenvalue weighted by Crippen LogP contribution is 2.30. The molecule has 1 heterocycles. The molecule has 2 rings (SSSR count). The summed E-state index contributed by atoms with van der Waals surface area (Å²) in [5.74, 6) is 0.130. The predicted octanol–water partition coefficient (Wildman–Crippen LogP) is 0.113. The van der Waals surface area contributed by atoms with E-state index in [0.717, 1.165) is 32.4 Å². The van der Waals surface area contributed by atoms with Crippen molar-refractivity contribution >= 4 is 5.91 Å². The third kappa shape index (κ3) is 1.64.